The lowest BCUT2D eigenvalue weighted by molar-refractivity contribution is -0.390. The van der Waals surface area contributed by atoms with Gasteiger partial charge in [-0.2, -0.15) is 0 Å². The van der Waals surface area contributed by atoms with Crippen molar-refractivity contribution in [2.75, 3.05) is 46.2 Å². The van der Waals surface area contributed by atoms with Gasteiger partial charge in [-0.3, -0.25) is 19.2 Å². The normalized spacial score (nSPS) is 47.6. The first-order valence-electron chi connectivity index (χ1n) is 28.6. The molecule has 0 unspecified atom stereocenters. The number of rotatable bonds is 23. The molecule has 0 radical (unpaired) electrons. The average Bonchev–Trinajstić information content (AvgIpc) is 0.818. The highest BCUT2D eigenvalue weighted by atomic mass is 16.8. The summed E-state index contributed by atoms with van der Waals surface area (Å²) in [6.07, 6.45) is -60.4. The Balaban J connectivity index is 1.16. The third kappa shape index (κ3) is 16.4. The molecule has 40 heteroatoms. The molecule has 0 aliphatic carbocycles. The Kier molecular flexibility index (Phi) is 26.6. The molecule has 520 valence electrons. The van der Waals surface area contributed by atoms with Crippen LogP contribution in [0.2, 0.25) is 0 Å². The molecule has 40 nitrogen and oxygen atoms in total. The van der Waals surface area contributed by atoms with E-state index in [1.807, 2.05) is 0 Å². The van der Waals surface area contributed by atoms with Crippen molar-refractivity contribution in [3.8, 4) is 0 Å². The summed E-state index contributed by atoms with van der Waals surface area (Å²) in [6, 6.07) is -6.58. The van der Waals surface area contributed by atoms with Gasteiger partial charge >= 0.3 is 0 Å². The summed E-state index contributed by atoms with van der Waals surface area (Å²) < 4.78 is 75.5. The standard InChI is InChI=1S/C50H84N4O36/c1-12(61)51-23-32(70)39(18(7-57)79-44(23)77)86-47-26(54-15(4)64)33(71)40(19(8-58)82-47)89-50-38(76)43(90-49-37(75)35(73)42(21(10-60)84-49)88-46-25(53-14(3)63)31(69)28(66)17(6-56)81-46)29(67)22(85-50)11-78-48-36(74)34(72)41(20(9-59)83-48)87-45-24(52-13(2)62)30(68)27(65)16(5-55)80-45/h16-50,55-60,65-77H,5-11H2,1-4H3,(H,51,61)(H,52,62)(H,53,63)(H,54,64)/t16-,17-,18-,19-,20-,21-,22-,23-,24-,25-,26-,27-,28-,29-,30-,31-,32-,33-,34-,35-,36+,37+,38+,39-,40-,41-,42-,43+,44-,45+,46+,47+,48+,49-,50+/m1/s1. The summed E-state index contributed by atoms with van der Waals surface area (Å²) in [7, 11) is 0. The van der Waals surface area contributed by atoms with Crippen molar-refractivity contribution >= 4 is 23.6 Å². The van der Waals surface area contributed by atoms with Gasteiger partial charge in [-0.25, -0.2) is 0 Å². The van der Waals surface area contributed by atoms with Crippen molar-refractivity contribution in [1.82, 2.24) is 21.3 Å². The molecule has 0 aromatic heterocycles. The zero-order valence-electron chi connectivity index (χ0n) is 48.6. The minimum absolute atomic E-state index is 0.743. The second-order valence-corrected chi connectivity index (χ2v) is 22.5. The molecule has 0 aromatic carbocycles. The molecule has 90 heavy (non-hydrogen) atoms. The van der Waals surface area contributed by atoms with Crippen LogP contribution in [0.25, 0.3) is 0 Å². The van der Waals surface area contributed by atoms with Gasteiger partial charge in [0, 0.05) is 27.7 Å². The van der Waals surface area contributed by atoms with E-state index in [4.69, 9.17) is 61.6 Å². The SMILES string of the molecule is CC(=O)N[C@@H]1[C@@H](O)[C@H](O[C@@H]2O[C@H](CO)[C@@H](O[C@@H]3O[C@H](CO[C@H]4O[C@H](CO)[C@@H](O[C@@H]5O[C@H](CO)[C@@H](O)[C@H](O)[C@H]5NC(C)=O)[C@H](O)[C@@H]4O)[C@@H](O)[C@H](O[C@H]4O[C@H](CO)[C@@H](O[C@@H]5O[C@H](CO)[C@@H](O)[C@H](O)[C@H]5NC(C)=O)[C@H](O)[C@@H]4O)[C@@H]3O)[C@H](O)[C@H]2NC(C)=O)[C@@H](CO)O[C@H]1O. The number of carbonyl (C=O) groups is 4. The molecule has 7 heterocycles. The van der Waals surface area contributed by atoms with Crippen molar-refractivity contribution in [1.29, 1.82) is 0 Å². The molecule has 4 amide bonds. The zero-order chi connectivity index (χ0) is 66.5. The molecule has 0 spiro atoms. The Morgan fingerprint density at radius 2 is 0.578 bits per heavy atom. The Labute approximate surface area is 510 Å². The maximum absolute atomic E-state index is 12.7. The predicted octanol–water partition coefficient (Wildman–Crippen LogP) is -15.7. The summed E-state index contributed by atoms with van der Waals surface area (Å²) in [5, 5.41) is 218. The van der Waals surface area contributed by atoms with E-state index in [0.29, 0.717) is 0 Å². The first-order valence-corrected chi connectivity index (χ1v) is 28.6. The number of carbonyl (C=O) groups excluding carboxylic acids is 4. The van der Waals surface area contributed by atoms with E-state index >= 15 is 0 Å². The maximum Gasteiger partial charge on any atom is 0.217 e. The molecular weight excluding hydrogens is 1230 g/mol. The number of nitrogens with one attached hydrogen (secondary N) is 4. The van der Waals surface area contributed by atoms with Gasteiger partial charge in [-0.15, -0.1) is 0 Å². The summed E-state index contributed by atoms with van der Waals surface area (Å²) in [5.74, 6) is -3.14. The third-order valence-corrected chi connectivity index (χ3v) is 16.1. The Bertz CT molecular complexity index is 2310. The van der Waals surface area contributed by atoms with Crippen LogP contribution in [0.4, 0.5) is 0 Å². The van der Waals surface area contributed by atoms with Crippen LogP contribution in [0, 0.1) is 0 Å². The smallest absolute Gasteiger partial charge is 0.217 e. The molecule has 0 aromatic rings. The molecular formula is C50H84N4O36. The van der Waals surface area contributed by atoms with E-state index in [2.05, 4.69) is 21.3 Å². The average molecular weight is 1320 g/mol. The molecule has 35 atom stereocenters. The van der Waals surface area contributed by atoms with E-state index in [9.17, 15) is 116 Å². The highest BCUT2D eigenvalue weighted by Gasteiger charge is 2.59. The molecule has 7 fully saturated rings. The number of amides is 4. The first-order chi connectivity index (χ1) is 42.5. The molecule has 7 aliphatic rings. The van der Waals surface area contributed by atoms with E-state index in [-0.39, 0.29) is 0 Å². The van der Waals surface area contributed by atoms with Gasteiger partial charge in [0.15, 0.2) is 44.0 Å². The molecule has 23 N–H and O–H groups in total. The fraction of sp³-hybridized carbons (Fsp3) is 0.920. The zero-order valence-corrected chi connectivity index (χ0v) is 48.6. The highest BCUT2D eigenvalue weighted by molar-refractivity contribution is 5.74. The van der Waals surface area contributed by atoms with Gasteiger partial charge in [-0.05, 0) is 0 Å². The van der Waals surface area contributed by atoms with Gasteiger partial charge in [0.2, 0.25) is 23.6 Å². The van der Waals surface area contributed by atoms with Crippen LogP contribution in [-0.4, -0.2) is 382 Å². The van der Waals surface area contributed by atoms with Crippen LogP contribution in [-0.2, 0) is 80.8 Å². The Morgan fingerprint density at radius 1 is 0.289 bits per heavy atom. The second-order valence-electron chi connectivity index (χ2n) is 22.5. The predicted molar refractivity (Wildman–Crippen MR) is 278 cm³/mol. The maximum atomic E-state index is 12.7. The van der Waals surface area contributed by atoms with E-state index in [1.54, 1.807) is 0 Å². The molecule has 7 saturated heterocycles. The molecule has 7 aliphatic heterocycles. The quantitative estimate of drug-likeness (QED) is 0.0452. The lowest BCUT2D eigenvalue weighted by atomic mass is 9.94. The van der Waals surface area contributed by atoms with Crippen LogP contribution in [0.5, 0.6) is 0 Å². The monoisotopic (exact) mass is 1320 g/mol. The van der Waals surface area contributed by atoms with Crippen LogP contribution in [0.3, 0.4) is 0 Å². The highest BCUT2D eigenvalue weighted by Crippen LogP contribution is 2.37. The third-order valence-electron chi connectivity index (χ3n) is 16.1. The Morgan fingerprint density at radius 3 is 0.989 bits per heavy atom. The fourth-order valence-electron chi connectivity index (χ4n) is 11.5. The van der Waals surface area contributed by atoms with Gasteiger partial charge in [0.05, 0.1) is 46.2 Å². The lowest BCUT2D eigenvalue weighted by Crippen LogP contribution is -2.70. The van der Waals surface area contributed by atoms with E-state index < -0.39 is 285 Å². The summed E-state index contributed by atoms with van der Waals surface area (Å²) >= 11 is 0. The number of aliphatic hydroxyl groups is 19. The van der Waals surface area contributed by atoms with Crippen LogP contribution in [0.1, 0.15) is 27.7 Å². The second kappa shape index (κ2) is 32.4. The van der Waals surface area contributed by atoms with E-state index in [1.165, 1.54) is 0 Å². The fourth-order valence-corrected chi connectivity index (χ4v) is 11.5. The molecule has 0 saturated carbocycles. The van der Waals surface area contributed by atoms with Crippen molar-refractivity contribution in [3.63, 3.8) is 0 Å². The van der Waals surface area contributed by atoms with Gasteiger partial charge in [0.1, 0.15) is 171 Å². The summed E-state index contributed by atoms with van der Waals surface area (Å²) in [5.41, 5.74) is 0. The molecule has 7 rings (SSSR count). The van der Waals surface area contributed by atoms with Crippen LogP contribution < -0.4 is 21.3 Å². The van der Waals surface area contributed by atoms with Crippen LogP contribution >= 0.6 is 0 Å². The lowest BCUT2D eigenvalue weighted by Gasteiger charge is -2.50. The minimum Gasteiger partial charge on any atom is -0.394 e. The van der Waals surface area contributed by atoms with Crippen molar-refractivity contribution in [3.05, 3.63) is 0 Å². The first kappa shape index (κ1) is 74.0. The molecule has 0 bridgehead atoms. The van der Waals surface area contributed by atoms with E-state index in [0.717, 1.165) is 27.7 Å². The number of aliphatic hydroxyl groups excluding tert-OH is 19. The minimum atomic E-state index is -2.39. The van der Waals surface area contributed by atoms with Crippen molar-refractivity contribution in [2.45, 2.75) is 242 Å². The topological polar surface area (TPSA) is 621 Å². The number of hydrogen-bond donors (Lipinski definition) is 23. The number of hydrogen-bond acceptors (Lipinski definition) is 36. The van der Waals surface area contributed by atoms with Gasteiger partial charge in [0.25, 0.3) is 0 Å². The summed E-state index contributed by atoms with van der Waals surface area (Å²) in [6.45, 7) is -2.87. The largest absolute Gasteiger partial charge is 0.394 e. The van der Waals surface area contributed by atoms with Crippen molar-refractivity contribution < 1.29 is 178 Å². The van der Waals surface area contributed by atoms with Crippen molar-refractivity contribution in [2.24, 2.45) is 0 Å². The van der Waals surface area contributed by atoms with Gasteiger partial charge < -0.3 is 180 Å². The number of ether oxygens (including phenoxy) is 13. The summed E-state index contributed by atoms with van der Waals surface area (Å²) in [4.78, 5) is 49.0. The van der Waals surface area contributed by atoms with Crippen LogP contribution in [0.15, 0.2) is 0 Å². The van der Waals surface area contributed by atoms with Gasteiger partial charge in [-0.1, -0.05) is 0 Å². The Hall–Kier alpha value is -3.40.